The summed E-state index contributed by atoms with van der Waals surface area (Å²) in [6.45, 7) is 0.589. The number of nitrogens with zero attached hydrogens (tertiary/aromatic N) is 1. The first kappa shape index (κ1) is 15.1. The van der Waals surface area contributed by atoms with Crippen LogP contribution in [0.2, 0.25) is 0 Å². The number of hydrogen-bond acceptors (Lipinski definition) is 5. The largest absolute Gasteiger partial charge is 0.458 e. The van der Waals surface area contributed by atoms with E-state index in [-0.39, 0.29) is 24.2 Å². The van der Waals surface area contributed by atoms with Crippen molar-refractivity contribution in [3.8, 4) is 0 Å². The van der Waals surface area contributed by atoms with Crippen molar-refractivity contribution in [3.63, 3.8) is 0 Å². The first-order valence-corrected chi connectivity index (χ1v) is 9.45. The molecule has 0 aromatic carbocycles. The van der Waals surface area contributed by atoms with E-state index in [9.17, 15) is 9.59 Å². The molecule has 1 amide bonds. The molecule has 4 rings (SSSR count). The number of thiazole rings is 1. The molecular weight excluding hydrogens is 312 g/mol. The third kappa shape index (κ3) is 2.77. The Morgan fingerprint density at radius 3 is 2.91 bits per heavy atom. The van der Waals surface area contributed by atoms with E-state index in [0.29, 0.717) is 6.54 Å². The molecule has 1 atom stereocenters. The Kier molecular flexibility index (Phi) is 3.87. The molecule has 1 saturated heterocycles. The van der Waals surface area contributed by atoms with Gasteiger partial charge in [0.2, 0.25) is 5.91 Å². The quantitative estimate of drug-likeness (QED) is 0.857. The van der Waals surface area contributed by atoms with Gasteiger partial charge in [-0.1, -0.05) is 0 Å². The Morgan fingerprint density at radius 1 is 1.30 bits per heavy atom. The normalized spacial score (nSPS) is 24.9. The minimum atomic E-state index is -0.510. The molecule has 6 heteroatoms. The lowest BCUT2D eigenvalue weighted by Crippen LogP contribution is -2.43. The maximum atomic E-state index is 12.5. The highest BCUT2D eigenvalue weighted by atomic mass is 32.1. The second-order valence-corrected chi connectivity index (χ2v) is 8.04. The van der Waals surface area contributed by atoms with Crippen LogP contribution in [0.3, 0.4) is 0 Å². The number of carbonyl (C=O) groups excluding carboxylic acids is 2. The summed E-state index contributed by atoms with van der Waals surface area (Å²) >= 11 is 1.78. The minimum absolute atomic E-state index is 0.0261. The van der Waals surface area contributed by atoms with Gasteiger partial charge in [0.25, 0.3) is 0 Å². The van der Waals surface area contributed by atoms with E-state index in [1.54, 1.807) is 11.3 Å². The van der Waals surface area contributed by atoms with Crippen LogP contribution in [0, 0.1) is 5.92 Å². The number of rotatable bonds is 4. The summed E-state index contributed by atoms with van der Waals surface area (Å²) in [5, 5.41) is 4.12. The SMILES string of the molecule is O=C1C[C@H](C(=O)NCCc2nc3c(s2)CCC3)C2(CCCC2)O1. The summed E-state index contributed by atoms with van der Waals surface area (Å²) in [5.74, 6) is -0.552. The summed E-state index contributed by atoms with van der Waals surface area (Å²) in [4.78, 5) is 30.3. The first-order chi connectivity index (χ1) is 11.2. The molecule has 2 heterocycles. The molecule has 0 unspecified atom stereocenters. The Morgan fingerprint density at radius 2 is 2.13 bits per heavy atom. The Bertz CT molecular complexity index is 612. The van der Waals surface area contributed by atoms with Crippen molar-refractivity contribution >= 4 is 23.2 Å². The van der Waals surface area contributed by atoms with Crippen LogP contribution in [0.15, 0.2) is 0 Å². The highest BCUT2D eigenvalue weighted by Gasteiger charge is 2.53. The summed E-state index contributed by atoms with van der Waals surface area (Å²) in [7, 11) is 0. The fourth-order valence-electron chi connectivity index (χ4n) is 4.21. The van der Waals surface area contributed by atoms with Crippen molar-refractivity contribution in [2.75, 3.05) is 6.54 Å². The number of aromatic nitrogens is 1. The molecular formula is C17H22N2O3S. The standard InChI is InChI=1S/C17H22N2O3S/c20-15-10-11(17(22-15)7-1-2-8-17)16(21)18-9-6-14-19-12-4-3-5-13(12)23-14/h11H,1-10H2,(H,18,21)/t11-/m1/s1. The van der Waals surface area contributed by atoms with Crippen molar-refractivity contribution in [3.05, 3.63) is 15.6 Å². The average Bonchev–Trinajstić information content (AvgIpc) is 3.24. The fraction of sp³-hybridized carbons (Fsp3) is 0.706. The molecule has 1 aliphatic heterocycles. The number of esters is 1. The summed E-state index contributed by atoms with van der Waals surface area (Å²) in [6.07, 6.45) is 8.24. The second-order valence-electron chi connectivity index (χ2n) is 6.87. The molecule has 2 aliphatic carbocycles. The number of fused-ring (bicyclic) bond motifs is 1. The number of amides is 1. The van der Waals surface area contributed by atoms with Gasteiger partial charge in [-0.2, -0.15) is 0 Å². The molecule has 1 N–H and O–H groups in total. The molecule has 124 valence electrons. The van der Waals surface area contributed by atoms with Crippen molar-refractivity contribution in [2.45, 2.75) is 63.4 Å². The lowest BCUT2D eigenvalue weighted by Gasteiger charge is -2.27. The van der Waals surface area contributed by atoms with Gasteiger partial charge in [0.05, 0.1) is 23.0 Å². The predicted octanol–water partition coefficient (Wildman–Crippen LogP) is 2.17. The van der Waals surface area contributed by atoms with Crippen LogP contribution in [0.25, 0.3) is 0 Å². The lowest BCUT2D eigenvalue weighted by atomic mass is 9.85. The Balaban J connectivity index is 1.33. The van der Waals surface area contributed by atoms with E-state index < -0.39 is 5.60 Å². The summed E-state index contributed by atoms with van der Waals surface area (Å²) in [6, 6.07) is 0. The van der Waals surface area contributed by atoms with E-state index in [1.165, 1.54) is 17.0 Å². The molecule has 0 radical (unpaired) electrons. The molecule has 1 aromatic rings. The predicted molar refractivity (Wildman–Crippen MR) is 86.3 cm³/mol. The van der Waals surface area contributed by atoms with E-state index >= 15 is 0 Å². The molecule has 5 nitrogen and oxygen atoms in total. The third-order valence-corrected chi connectivity index (χ3v) is 6.58. The third-order valence-electron chi connectivity index (χ3n) is 5.37. The zero-order chi connectivity index (χ0) is 15.9. The average molecular weight is 334 g/mol. The van der Waals surface area contributed by atoms with E-state index in [2.05, 4.69) is 10.3 Å². The topological polar surface area (TPSA) is 68.3 Å². The van der Waals surface area contributed by atoms with Gasteiger partial charge in [-0.25, -0.2) is 4.98 Å². The van der Waals surface area contributed by atoms with Crippen LogP contribution >= 0.6 is 11.3 Å². The molecule has 2 fully saturated rings. The van der Waals surface area contributed by atoms with Crippen LogP contribution in [0.1, 0.15) is 54.1 Å². The molecule has 23 heavy (non-hydrogen) atoms. The van der Waals surface area contributed by atoms with Gasteiger partial charge in [-0.15, -0.1) is 11.3 Å². The van der Waals surface area contributed by atoms with Crippen LogP contribution in [0.5, 0.6) is 0 Å². The second kappa shape index (κ2) is 5.89. The van der Waals surface area contributed by atoms with E-state index in [4.69, 9.17) is 4.74 Å². The van der Waals surface area contributed by atoms with E-state index in [1.807, 2.05) is 0 Å². The van der Waals surface area contributed by atoms with Crippen molar-refractivity contribution < 1.29 is 14.3 Å². The number of nitrogens with one attached hydrogen (secondary N) is 1. The fourth-order valence-corrected chi connectivity index (χ4v) is 5.37. The Labute approximate surface area is 139 Å². The van der Waals surface area contributed by atoms with Crippen LogP contribution in [0.4, 0.5) is 0 Å². The van der Waals surface area contributed by atoms with Crippen LogP contribution < -0.4 is 5.32 Å². The Hall–Kier alpha value is -1.43. The van der Waals surface area contributed by atoms with Gasteiger partial charge in [-0.05, 0) is 44.9 Å². The lowest BCUT2D eigenvalue weighted by molar-refractivity contribution is -0.149. The molecule has 1 saturated carbocycles. The van der Waals surface area contributed by atoms with Crippen molar-refractivity contribution in [1.29, 1.82) is 0 Å². The van der Waals surface area contributed by atoms with Gasteiger partial charge in [0.15, 0.2) is 0 Å². The van der Waals surface area contributed by atoms with Gasteiger partial charge < -0.3 is 10.1 Å². The van der Waals surface area contributed by atoms with Crippen molar-refractivity contribution in [2.24, 2.45) is 5.92 Å². The molecule has 1 spiro atoms. The highest BCUT2D eigenvalue weighted by Crippen LogP contribution is 2.45. The van der Waals surface area contributed by atoms with Crippen molar-refractivity contribution in [1.82, 2.24) is 10.3 Å². The number of ether oxygens (including phenoxy) is 1. The van der Waals surface area contributed by atoms with Crippen LogP contribution in [-0.4, -0.2) is 29.0 Å². The monoisotopic (exact) mass is 334 g/mol. The molecule has 1 aromatic heterocycles. The zero-order valence-electron chi connectivity index (χ0n) is 13.2. The maximum absolute atomic E-state index is 12.5. The van der Waals surface area contributed by atoms with Crippen LogP contribution in [-0.2, 0) is 33.6 Å². The van der Waals surface area contributed by atoms with E-state index in [0.717, 1.165) is 50.0 Å². The zero-order valence-corrected chi connectivity index (χ0v) is 14.0. The van der Waals surface area contributed by atoms with Gasteiger partial charge in [0, 0.05) is 17.8 Å². The molecule has 3 aliphatic rings. The number of carbonyl (C=O) groups is 2. The molecule has 0 bridgehead atoms. The highest BCUT2D eigenvalue weighted by molar-refractivity contribution is 7.11. The first-order valence-electron chi connectivity index (χ1n) is 8.63. The van der Waals surface area contributed by atoms with Gasteiger partial charge >= 0.3 is 5.97 Å². The number of hydrogen-bond donors (Lipinski definition) is 1. The summed E-state index contributed by atoms with van der Waals surface area (Å²) < 4.78 is 5.54. The van der Waals surface area contributed by atoms with Gasteiger partial charge in [0.1, 0.15) is 5.60 Å². The maximum Gasteiger partial charge on any atom is 0.307 e. The summed E-state index contributed by atoms with van der Waals surface area (Å²) in [5.41, 5.74) is 0.750. The minimum Gasteiger partial charge on any atom is -0.458 e. The van der Waals surface area contributed by atoms with Gasteiger partial charge in [-0.3, -0.25) is 9.59 Å². The smallest absolute Gasteiger partial charge is 0.307 e. The number of aryl methyl sites for hydroxylation is 2.